The van der Waals surface area contributed by atoms with Crippen molar-refractivity contribution in [1.82, 2.24) is 4.90 Å². The second-order valence-electron chi connectivity index (χ2n) is 8.79. The third kappa shape index (κ3) is 6.06. The summed E-state index contributed by atoms with van der Waals surface area (Å²) in [5.41, 5.74) is 4.09. The van der Waals surface area contributed by atoms with Crippen LogP contribution in [-0.2, 0) is 11.3 Å². The lowest BCUT2D eigenvalue weighted by Gasteiger charge is -2.36. The highest BCUT2D eigenvalue weighted by atomic mass is 35.5. The summed E-state index contributed by atoms with van der Waals surface area (Å²) in [6.45, 7) is 4.73. The van der Waals surface area contributed by atoms with Crippen LogP contribution in [0.2, 0.25) is 5.02 Å². The maximum absolute atomic E-state index is 12.4. The SMILES string of the molecule is O=C(/C=C/c1ccc(-c2ccccc2)o1)Nc1ccc(N2CCN(Cc3ccccc3Cl)CC2)cc1. The summed E-state index contributed by atoms with van der Waals surface area (Å²) < 4.78 is 5.82. The van der Waals surface area contributed by atoms with E-state index in [1.807, 2.05) is 72.8 Å². The van der Waals surface area contributed by atoms with Gasteiger partial charge in [0, 0.05) is 60.8 Å². The van der Waals surface area contributed by atoms with Crippen molar-refractivity contribution in [3.63, 3.8) is 0 Å². The molecule has 2 heterocycles. The number of furan rings is 1. The van der Waals surface area contributed by atoms with Gasteiger partial charge in [-0.3, -0.25) is 9.69 Å². The molecule has 5 rings (SSSR count). The van der Waals surface area contributed by atoms with Crippen molar-refractivity contribution in [2.75, 3.05) is 36.4 Å². The number of hydrogen-bond acceptors (Lipinski definition) is 4. The molecule has 1 aliphatic rings. The number of nitrogens with one attached hydrogen (secondary N) is 1. The molecule has 0 spiro atoms. The third-order valence-electron chi connectivity index (χ3n) is 6.31. The lowest BCUT2D eigenvalue weighted by atomic mass is 10.2. The van der Waals surface area contributed by atoms with E-state index in [1.165, 1.54) is 11.6 Å². The molecule has 0 atom stereocenters. The van der Waals surface area contributed by atoms with Gasteiger partial charge in [0.1, 0.15) is 11.5 Å². The number of anilines is 2. The van der Waals surface area contributed by atoms with E-state index < -0.39 is 0 Å². The highest BCUT2D eigenvalue weighted by Gasteiger charge is 2.18. The summed E-state index contributed by atoms with van der Waals surface area (Å²) in [6, 6.07) is 29.7. The Balaban J connectivity index is 1.11. The fraction of sp³-hybridized carbons (Fsp3) is 0.167. The average Bonchev–Trinajstić information content (AvgIpc) is 3.40. The first-order valence-electron chi connectivity index (χ1n) is 12.1. The predicted octanol–water partition coefficient (Wildman–Crippen LogP) is 6.57. The average molecular weight is 498 g/mol. The molecule has 1 saturated heterocycles. The molecule has 6 heteroatoms. The van der Waals surface area contributed by atoms with Crippen LogP contribution in [-0.4, -0.2) is 37.0 Å². The van der Waals surface area contributed by atoms with Crippen LogP contribution in [0.3, 0.4) is 0 Å². The minimum atomic E-state index is -0.200. The molecule has 0 saturated carbocycles. The van der Waals surface area contributed by atoms with Gasteiger partial charge in [0.05, 0.1) is 0 Å². The van der Waals surface area contributed by atoms with Crippen molar-refractivity contribution in [2.24, 2.45) is 0 Å². The van der Waals surface area contributed by atoms with Crippen molar-refractivity contribution in [3.8, 4) is 11.3 Å². The van der Waals surface area contributed by atoms with E-state index in [0.29, 0.717) is 5.76 Å². The van der Waals surface area contributed by atoms with Gasteiger partial charge in [0.15, 0.2) is 0 Å². The Labute approximate surface area is 216 Å². The van der Waals surface area contributed by atoms with Gasteiger partial charge in [0.2, 0.25) is 5.91 Å². The third-order valence-corrected chi connectivity index (χ3v) is 6.68. The van der Waals surface area contributed by atoms with E-state index in [2.05, 4.69) is 33.3 Å². The molecule has 0 unspecified atom stereocenters. The van der Waals surface area contributed by atoms with Crippen LogP contribution in [0.4, 0.5) is 11.4 Å². The van der Waals surface area contributed by atoms with Gasteiger partial charge in [-0.15, -0.1) is 0 Å². The fourth-order valence-corrected chi connectivity index (χ4v) is 4.52. The Bertz CT molecular complexity index is 1320. The van der Waals surface area contributed by atoms with Crippen molar-refractivity contribution < 1.29 is 9.21 Å². The zero-order chi connectivity index (χ0) is 24.7. The number of nitrogens with zero attached hydrogens (tertiary/aromatic N) is 2. The highest BCUT2D eigenvalue weighted by Crippen LogP contribution is 2.24. The smallest absolute Gasteiger partial charge is 0.248 e. The molecule has 0 radical (unpaired) electrons. The van der Waals surface area contributed by atoms with Crippen molar-refractivity contribution in [2.45, 2.75) is 6.54 Å². The van der Waals surface area contributed by atoms with Gasteiger partial charge < -0.3 is 14.6 Å². The van der Waals surface area contributed by atoms with Gasteiger partial charge in [0.25, 0.3) is 0 Å². The summed E-state index contributed by atoms with van der Waals surface area (Å²) in [5, 5.41) is 3.74. The maximum Gasteiger partial charge on any atom is 0.248 e. The number of benzene rings is 3. The van der Waals surface area contributed by atoms with Crippen molar-refractivity contribution >= 4 is 35.0 Å². The summed E-state index contributed by atoms with van der Waals surface area (Å²) >= 11 is 6.32. The van der Waals surface area contributed by atoms with Gasteiger partial charge >= 0.3 is 0 Å². The van der Waals surface area contributed by atoms with Crippen LogP contribution in [0.15, 0.2) is 101 Å². The standard InChI is InChI=1S/C30H28ClN3O2/c31-28-9-5-4-8-24(28)22-33-18-20-34(21-19-33)26-12-10-25(11-13-26)32-30(35)17-15-27-14-16-29(36-27)23-6-2-1-3-7-23/h1-17H,18-22H2,(H,32,35)/b17-15+. The molecule has 36 heavy (non-hydrogen) atoms. The Kier molecular flexibility index (Phi) is 7.50. The monoisotopic (exact) mass is 497 g/mol. The lowest BCUT2D eigenvalue weighted by Crippen LogP contribution is -2.46. The number of rotatable bonds is 7. The molecule has 1 fully saturated rings. The molecular weight excluding hydrogens is 470 g/mol. The molecule has 0 aliphatic carbocycles. The number of hydrogen-bond donors (Lipinski definition) is 1. The molecule has 0 bridgehead atoms. The van der Waals surface area contributed by atoms with Crippen LogP contribution < -0.4 is 10.2 Å². The molecule has 1 N–H and O–H groups in total. The van der Waals surface area contributed by atoms with Crippen molar-refractivity contribution in [3.05, 3.63) is 113 Å². The fourth-order valence-electron chi connectivity index (χ4n) is 4.33. The minimum absolute atomic E-state index is 0.200. The number of piperazine rings is 1. The van der Waals surface area contributed by atoms with Crippen LogP contribution >= 0.6 is 11.6 Å². The van der Waals surface area contributed by atoms with E-state index >= 15 is 0 Å². The first kappa shape index (κ1) is 23.9. The molecule has 1 aliphatic heterocycles. The largest absolute Gasteiger partial charge is 0.457 e. The van der Waals surface area contributed by atoms with E-state index in [9.17, 15) is 4.79 Å². The molecule has 182 valence electrons. The Morgan fingerprint density at radius 1 is 0.861 bits per heavy atom. The van der Waals surface area contributed by atoms with Gasteiger partial charge in [-0.25, -0.2) is 0 Å². The van der Waals surface area contributed by atoms with Crippen molar-refractivity contribution in [1.29, 1.82) is 0 Å². The molecule has 5 nitrogen and oxygen atoms in total. The van der Waals surface area contributed by atoms with E-state index in [-0.39, 0.29) is 5.91 Å². The minimum Gasteiger partial charge on any atom is -0.457 e. The molecule has 3 aromatic carbocycles. The zero-order valence-electron chi connectivity index (χ0n) is 19.9. The van der Waals surface area contributed by atoms with Crippen LogP contribution in [0.1, 0.15) is 11.3 Å². The zero-order valence-corrected chi connectivity index (χ0v) is 20.7. The van der Waals surface area contributed by atoms with Gasteiger partial charge in [-0.1, -0.05) is 60.1 Å². The quantitative estimate of drug-likeness (QED) is 0.293. The summed E-state index contributed by atoms with van der Waals surface area (Å²) in [6.07, 6.45) is 3.16. The Morgan fingerprint density at radius 3 is 2.33 bits per heavy atom. The number of halogens is 1. The van der Waals surface area contributed by atoms with E-state index in [1.54, 1.807) is 6.08 Å². The predicted molar refractivity (Wildman–Crippen MR) is 147 cm³/mol. The first-order valence-corrected chi connectivity index (χ1v) is 12.5. The second-order valence-corrected chi connectivity index (χ2v) is 9.20. The van der Waals surface area contributed by atoms with Crippen LogP contribution in [0, 0.1) is 0 Å². The summed E-state index contributed by atoms with van der Waals surface area (Å²) in [5.74, 6) is 1.21. The summed E-state index contributed by atoms with van der Waals surface area (Å²) in [7, 11) is 0. The Morgan fingerprint density at radius 2 is 1.58 bits per heavy atom. The van der Waals surface area contributed by atoms with Gasteiger partial charge in [-0.05, 0) is 54.1 Å². The number of amides is 1. The molecule has 1 aromatic heterocycles. The highest BCUT2D eigenvalue weighted by molar-refractivity contribution is 6.31. The lowest BCUT2D eigenvalue weighted by molar-refractivity contribution is -0.111. The molecule has 4 aromatic rings. The van der Waals surface area contributed by atoms with E-state index in [0.717, 1.165) is 60.4 Å². The number of carbonyl (C=O) groups excluding carboxylic acids is 1. The first-order chi connectivity index (χ1) is 17.6. The molecule has 1 amide bonds. The van der Waals surface area contributed by atoms with Gasteiger partial charge in [-0.2, -0.15) is 0 Å². The van der Waals surface area contributed by atoms with Crippen LogP contribution in [0.5, 0.6) is 0 Å². The van der Waals surface area contributed by atoms with E-state index in [4.69, 9.17) is 16.0 Å². The molecular formula is C30H28ClN3O2. The second kappa shape index (κ2) is 11.3. The summed E-state index contributed by atoms with van der Waals surface area (Å²) in [4.78, 5) is 17.2. The normalized spacial score (nSPS) is 14.3. The Hall–Kier alpha value is -3.80. The number of carbonyl (C=O) groups is 1. The van der Waals surface area contributed by atoms with Crippen LogP contribution in [0.25, 0.3) is 17.4 Å². The topological polar surface area (TPSA) is 48.7 Å². The maximum atomic E-state index is 12.4.